The van der Waals surface area contributed by atoms with Crippen molar-refractivity contribution < 1.29 is 0 Å². The summed E-state index contributed by atoms with van der Waals surface area (Å²) in [6.07, 6.45) is 4.15. The van der Waals surface area contributed by atoms with E-state index in [2.05, 4.69) is 35.9 Å². The van der Waals surface area contributed by atoms with Crippen LogP contribution in [-0.4, -0.2) is 48.1 Å². The smallest absolute Gasteiger partial charge is 0.185 e. The number of rotatable bonds is 4. The van der Waals surface area contributed by atoms with Gasteiger partial charge in [0.25, 0.3) is 0 Å². The molecule has 0 spiro atoms. The lowest BCUT2D eigenvalue weighted by Gasteiger charge is -2.44. The SMILES string of the molecule is Cc1nc(N2CCN3CCCCC3C2)sc1CNC(C)C. The van der Waals surface area contributed by atoms with Crippen LogP contribution in [0.4, 0.5) is 5.13 Å². The van der Waals surface area contributed by atoms with Gasteiger partial charge < -0.3 is 10.2 Å². The molecule has 1 atom stereocenters. The van der Waals surface area contributed by atoms with E-state index < -0.39 is 0 Å². The monoisotopic (exact) mass is 308 g/mol. The van der Waals surface area contributed by atoms with Crippen LogP contribution in [-0.2, 0) is 6.54 Å². The van der Waals surface area contributed by atoms with Crippen LogP contribution in [0.1, 0.15) is 43.7 Å². The Labute approximate surface area is 132 Å². The minimum absolute atomic E-state index is 0.528. The summed E-state index contributed by atoms with van der Waals surface area (Å²) in [5, 5.41) is 4.74. The van der Waals surface area contributed by atoms with Crippen LogP contribution in [0.5, 0.6) is 0 Å². The molecule has 2 aliphatic rings. The molecule has 5 heteroatoms. The molecule has 118 valence electrons. The number of piperazine rings is 1. The van der Waals surface area contributed by atoms with Gasteiger partial charge in [0.15, 0.2) is 5.13 Å². The predicted molar refractivity (Wildman–Crippen MR) is 90.3 cm³/mol. The number of thiazole rings is 1. The van der Waals surface area contributed by atoms with Crippen molar-refractivity contribution in [2.75, 3.05) is 31.1 Å². The van der Waals surface area contributed by atoms with E-state index in [1.165, 1.54) is 54.6 Å². The summed E-state index contributed by atoms with van der Waals surface area (Å²) in [5.74, 6) is 0. The molecule has 1 unspecified atom stereocenters. The average molecular weight is 308 g/mol. The van der Waals surface area contributed by atoms with E-state index in [1.807, 2.05) is 11.3 Å². The molecule has 0 bridgehead atoms. The maximum Gasteiger partial charge on any atom is 0.185 e. The molecule has 3 rings (SSSR count). The Hall–Kier alpha value is -0.650. The fourth-order valence-corrected chi connectivity index (χ4v) is 4.39. The molecule has 1 N–H and O–H groups in total. The molecule has 4 nitrogen and oxygen atoms in total. The Balaban J connectivity index is 1.65. The number of fused-ring (bicyclic) bond motifs is 1. The van der Waals surface area contributed by atoms with Crippen molar-refractivity contribution >= 4 is 16.5 Å². The van der Waals surface area contributed by atoms with Crippen LogP contribution < -0.4 is 10.2 Å². The van der Waals surface area contributed by atoms with Crippen molar-refractivity contribution in [3.63, 3.8) is 0 Å². The summed E-state index contributed by atoms with van der Waals surface area (Å²) in [4.78, 5) is 11.4. The second-order valence-corrected chi connectivity index (χ2v) is 7.73. The zero-order valence-corrected chi connectivity index (χ0v) is 14.4. The number of aryl methyl sites for hydroxylation is 1. The van der Waals surface area contributed by atoms with Gasteiger partial charge in [0.1, 0.15) is 0 Å². The Kier molecular flexibility index (Phi) is 4.82. The molecule has 0 radical (unpaired) electrons. The predicted octanol–water partition coefficient (Wildman–Crippen LogP) is 2.62. The van der Waals surface area contributed by atoms with Gasteiger partial charge in [-0.2, -0.15) is 0 Å². The Morgan fingerprint density at radius 1 is 1.29 bits per heavy atom. The zero-order chi connectivity index (χ0) is 14.8. The second-order valence-electron chi connectivity index (χ2n) is 6.67. The second kappa shape index (κ2) is 6.63. The fourth-order valence-electron chi connectivity index (χ4n) is 3.34. The van der Waals surface area contributed by atoms with Gasteiger partial charge in [-0.05, 0) is 26.3 Å². The lowest BCUT2D eigenvalue weighted by Crippen LogP contribution is -2.54. The topological polar surface area (TPSA) is 31.4 Å². The summed E-state index contributed by atoms with van der Waals surface area (Å²) >= 11 is 1.88. The van der Waals surface area contributed by atoms with Crippen molar-refractivity contribution in [3.8, 4) is 0 Å². The Morgan fingerprint density at radius 3 is 2.95 bits per heavy atom. The summed E-state index contributed by atoms with van der Waals surface area (Å²) in [6.45, 7) is 12.3. The van der Waals surface area contributed by atoms with Gasteiger partial charge in [-0.1, -0.05) is 20.3 Å². The number of hydrogen-bond acceptors (Lipinski definition) is 5. The van der Waals surface area contributed by atoms with E-state index in [0.29, 0.717) is 6.04 Å². The van der Waals surface area contributed by atoms with Crippen LogP contribution in [0.2, 0.25) is 0 Å². The highest BCUT2D eigenvalue weighted by Gasteiger charge is 2.30. The van der Waals surface area contributed by atoms with Crippen LogP contribution in [0.15, 0.2) is 0 Å². The molecule has 3 heterocycles. The summed E-state index contributed by atoms with van der Waals surface area (Å²) < 4.78 is 0. The van der Waals surface area contributed by atoms with Crippen molar-refractivity contribution in [2.24, 2.45) is 0 Å². The normalized spacial score (nSPS) is 23.6. The maximum absolute atomic E-state index is 4.84. The van der Waals surface area contributed by atoms with Gasteiger partial charge in [0, 0.05) is 43.1 Å². The first-order chi connectivity index (χ1) is 10.1. The number of aromatic nitrogens is 1. The standard InChI is InChI=1S/C16H28N4S/c1-12(2)17-10-15-13(3)18-16(21-15)20-9-8-19-7-5-4-6-14(19)11-20/h12,14,17H,4-11H2,1-3H3. The first kappa shape index (κ1) is 15.3. The van der Waals surface area contributed by atoms with E-state index in [1.54, 1.807) is 0 Å². The van der Waals surface area contributed by atoms with Gasteiger partial charge in [0.2, 0.25) is 0 Å². The quantitative estimate of drug-likeness (QED) is 0.926. The van der Waals surface area contributed by atoms with Crippen LogP contribution in [0.25, 0.3) is 0 Å². The van der Waals surface area contributed by atoms with Gasteiger partial charge in [-0.25, -0.2) is 4.98 Å². The van der Waals surface area contributed by atoms with E-state index in [-0.39, 0.29) is 0 Å². The first-order valence-electron chi connectivity index (χ1n) is 8.32. The summed E-state index contributed by atoms with van der Waals surface area (Å²) in [5.41, 5.74) is 1.20. The summed E-state index contributed by atoms with van der Waals surface area (Å²) in [7, 11) is 0. The molecule has 0 aromatic carbocycles. The van der Waals surface area contributed by atoms with E-state index in [0.717, 1.165) is 19.1 Å². The number of nitrogens with one attached hydrogen (secondary N) is 1. The number of hydrogen-bond donors (Lipinski definition) is 1. The molecule has 1 aromatic heterocycles. The third kappa shape index (κ3) is 3.58. The van der Waals surface area contributed by atoms with Crippen LogP contribution in [0.3, 0.4) is 0 Å². The van der Waals surface area contributed by atoms with E-state index in [4.69, 9.17) is 4.98 Å². The average Bonchev–Trinajstić information content (AvgIpc) is 2.86. The third-order valence-electron chi connectivity index (χ3n) is 4.66. The number of piperidine rings is 1. The lowest BCUT2D eigenvalue weighted by atomic mass is 10.00. The Bertz CT molecular complexity index is 471. The first-order valence-corrected chi connectivity index (χ1v) is 9.14. The molecule has 2 fully saturated rings. The van der Waals surface area contributed by atoms with Crippen LogP contribution >= 0.6 is 11.3 Å². The highest BCUT2D eigenvalue weighted by Crippen LogP contribution is 2.30. The van der Waals surface area contributed by atoms with Gasteiger partial charge >= 0.3 is 0 Å². The van der Waals surface area contributed by atoms with Crippen molar-refractivity contribution in [2.45, 2.75) is 58.7 Å². The van der Waals surface area contributed by atoms with E-state index >= 15 is 0 Å². The molecule has 0 saturated carbocycles. The molecule has 0 amide bonds. The highest BCUT2D eigenvalue weighted by atomic mass is 32.1. The lowest BCUT2D eigenvalue weighted by molar-refractivity contribution is 0.133. The third-order valence-corrected chi connectivity index (χ3v) is 5.88. The van der Waals surface area contributed by atoms with E-state index in [9.17, 15) is 0 Å². The molecule has 0 aliphatic carbocycles. The van der Waals surface area contributed by atoms with Crippen molar-refractivity contribution in [1.82, 2.24) is 15.2 Å². The van der Waals surface area contributed by atoms with Gasteiger partial charge in [-0.15, -0.1) is 11.3 Å². The molecule has 21 heavy (non-hydrogen) atoms. The number of nitrogens with zero attached hydrogens (tertiary/aromatic N) is 3. The molecular weight excluding hydrogens is 280 g/mol. The highest BCUT2D eigenvalue weighted by molar-refractivity contribution is 7.15. The largest absolute Gasteiger partial charge is 0.345 e. The molecule has 2 aliphatic heterocycles. The number of anilines is 1. The molecule has 1 aromatic rings. The fraction of sp³-hybridized carbons (Fsp3) is 0.812. The van der Waals surface area contributed by atoms with Gasteiger partial charge in [-0.3, -0.25) is 4.90 Å². The Morgan fingerprint density at radius 2 is 2.14 bits per heavy atom. The van der Waals surface area contributed by atoms with Crippen molar-refractivity contribution in [3.05, 3.63) is 10.6 Å². The zero-order valence-electron chi connectivity index (χ0n) is 13.6. The summed E-state index contributed by atoms with van der Waals surface area (Å²) in [6, 6.07) is 1.29. The minimum Gasteiger partial charge on any atom is -0.345 e. The van der Waals surface area contributed by atoms with Gasteiger partial charge in [0.05, 0.1) is 5.69 Å². The molecule has 2 saturated heterocycles. The molecular formula is C16H28N4S. The maximum atomic E-state index is 4.84. The van der Waals surface area contributed by atoms with Crippen LogP contribution in [0, 0.1) is 6.92 Å². The van der Waals surface area contributed by atoms with Crippen molar-refractivity contribution in [1.29, 1.82) is 0 Å². The minimum atomic E-state index is 0.528.